The number of alkyl halides is 3. The molecule has 2 saturated carbocycles. The molecule has 6 rings (SSSR count). The van der Waals surface area contributed by atoms with E-state index in [1.165, 1.54) is 18.7 Å². The molecule has 9 heteroatoms. The molecule has 2 aliphatic heterocycles. The van der Waals surface area contributed by atoms with E-state index in [0.717, 1.165) is 57.8 Å². The predicted molar refractivity (Wildman–Crippen MR) is 147 cm³/mol. The largest absolute Gasteiger partial charge is 0.465 e. The summed E-state index contributed by atoms with van der Waals surface area (Å²) in [6.07, 6.45) is 2.71. The van der Waals surface area contributed by atoms with Gasteiger partial charge in [-0.3, -0.25) is 9.78 Å². The number of ether oxygens (including phenoxy) is 1. The number of halogens is 3. The molecule has 3 fully saturated rings. The first-order chi connectivity index (χ1) is 19.6. The Hall–Kier alpha value is -2.94. The molecule has 2 aliphatic carbocycles. The van der Waals surface area contributed by atoms with Crippen LogP contribution in [0, 0.1) is 17.3 Å². The van der Waals surface area contributed by atoms with E-state index in [-0.39, 0.29) is 18.4 Å². The van der Waals surface area contributed by atoms with Gasteiger partial charge in [-0.1, -0.05) is 25.5 Å². The van der Waals surface area contributed by atoms with Gasteiger partial charge < -0.3 is 14.5 Å². The van der Waals surface area contributed by atoms with E-state index in [9.17, 15) is 22.8 Å². The molecule has 0 radical (unpaired) electrons. The van der Waals surface area contributed by atoms with E-state index >= 15 is 0 Å². The number of benzene rings is 1. The highest BCUT2D eigenvalue weighted by Gasteiger charge is 2.57. The first kappa shape index (κ1) is 28.2. The molecular formula is C32H38F3N3O3. The van der Waals surface area contributed by atoms with Crippen LogP contribution < -0.4 is 0 Å². The number of methoxy groups -OCH3 is 1. The molecule has 5 atom stereocenters. The Kier molecular flexibility index (Phi) is 7.37. The van der Waals surface area contributed by atoms with Crippen LogP contribution in [0.2, 0.25) is 0 Å². The van der Waals surface area contributed by atoms with Gasteiger partial charge in [0.15, 0.2) is 0 Å². The van der Waals surface area contributed by atoms with Crippen molar-refractivity contribution in [2.24, 2.45) is 17.3 Å². The molecule has 6 nitrogen and oxygen atoms in total. The molecule has 2 aromatic rings. The molecule has 0 N–H and O–H groups in total. The first-order valence-electron chi connectivity index (χ1n) is 14.9. The number of aromatic nitrogens is 1. The van der Waals surface area contributed by atoms with E-state index < -0.39 is 17.2 Å². The third-order valence-electron chi connectivity index (χ3n) is 10.4. The van der Waals surface area contributed by atoms with Gasteiger partial charge in [-0.25, -0.2) is 4.79 Å². The zero-order chi connectivity index (χ0) is 28.9. The minimum Gasteiger partial charge on any atom is -0.465 e. The molecule has 0 unspecified atom stereocenters. The number of piperidine rings is 1. The topological polar surface area (TPSA) is 62.7 Å². The predicted octanol–water partition coefficient (Wildman–Crippen LogP) is 5.85. The highest BCUT2D eigenvalue weighted by molar-refractivity contribution is 5.89. The Morgan fingerprint density at radius 1 is 1.15 bits per heavy atom. The number of nitrogens with zero attached hydrogens (tertiary/aromatic N) is 3. The minimum atomic E-state index is -4.45. The van der Waals surface area contributed by atoms with Crippen molar-refractivity contribution in [1.82, 2.24) is 14.8 Å². The van der Waals surface area contributed by atoms with Crippen LogP contribution in [-0.4, -0.2) is 59.4 Å². The maximum absolute atomic E-state index is 14.2. The first-order valence-corrected chi connectivity index (χ1v) is 14.9. The van der Waals surface area contributed by atoms with Crippen LogP contribution in [0.3, 0.4) is 0 Å². The van der Waals surface area contributed by atoms with Gasteiger partial charge in [-0.15, -0.1) is 0 Å². The van der Waals surface area contributed by atoms with E-state index in [4.69, 9.17) is 4.74 Å². The lowest BCUT2D eigenvalue weighted by Gasteiger charge is -2.41. The smallest absolute Gasteiger partial charge is 0.417 e. The van der Waals surface area contributed by atoms with Crippen molar-refractivity contribution < 1.29 is 27.5 Å². The Morgan fingerprint density at radius 2 is 1.98 bits per heavy atom. The molecule has 1 aromatic carbocycles. The second-order valence-corrected chi connectivity index (χ2v) is 12.6. The second kappa shape index (κ2) is 10.7. The molecular weight excluding hydrogens is 531 g/mol. The van der Waals surface area contributed by atoms with Gasteiger partial charge in [0.05, 0.1) is 23.7 Å². The Balaban J connectivity index is 1.14. The van der Waals surface area contributed by atoms with Gasteiger partial charge in [0.2, 0.25) is 5.91 Å². The van der Waals surface area contributed by atoms with E-state index in [1.807, 2.05) is 17.0 Å². The van der Waals surface area contributed by atoms with Crippen molar-refractivity contribution in [2.75, 3.05) is 26.7 Å². The minimum absolute atomic E-state index is 0.133. The average molecular weight is 570 g/mol. The highest BCUT2D eigenvalue weighted by Crippen LogP contribution is 2.57. The van der Waals surface area contributed by atoms with Crippen molar-refractivity contribution in [3.8, 4) is 0 Å². The number of hydrogen-bond donors (Lipinski definition) is 0. The lowest BCUT2D eigenvalue weighted by molar-refractivity contribution is -0.144. The summed E-state index contributed by atoms with van der Waals surface area (Å²) in [5, 5.41) is 0. The average Bonchev–Trinajstić information content (AvgIpc) is 3.54. The van der Waals surface area contributed by atoms with Crippen LogP contribution in [0.15, 0.2) is 36.5 Å². The zero-order valence-electron chi connectivity index (χ0n) is 23.8. The Bertz CT molecular complexity index is 1330. The lowest BCUT2D eigenvalue weighted by Crippen LogP contribution is -2.48. The molecule has 4 aliphatic rings. The highest BCUT2D eigenvalue weighted by atomic mass is 19.4. The van der Waals surface area contributed by atoms with Crippen molar-refractivity contribution in [3.63, 3.8) is 0 Å². The molecule has 1 saturated heterocycles. The standard InChI is InChI=1S/C32H38F3N3O3/c1-20-18-37(11-8-27(20)21-5-3-6-22(13-21)29(39)41-2)26-15-24-7-4-10-31(24,16-26)30(40)38-12-9-28-23(19-38)14-25(17-36-28)32(33,34)35/h3,5-6,13-14,17,20,24,26-27H,4,7-12,15-16,18-19H2,1-2H3/t20-,24+,26+,27-,31+/m0/s1. The molecule has 0 spiro atoms. The van der Waals surface area contributed by atoms with Gasteiger partial charge in [0, 0.05) is 44.0 Å². The number of carbonyl (C=O) groups is 2. The van der Waals surface area contributed by atoms with Gasteiger partial charge in [0.25, 0.3) is 0 Å². The summed E-state index contributed by atoms with van der Waals surface area (Å²) in [5.74, 6) is 0.895. The van der Waals surface area contributed by atoms with Crippen molar-refractivity contribution >= 4 is 11.9 Å². The SMILES string of the molecule is COC(=O)c1cccc([C@H]2CCN([C@@H]3C[C@H]4CCC[C@@]4(C(=O)N4CCc5ncc(C(F)(F)F)cc5C4)C3)C[C@@H]2C)c1. The van der Waals surface area contributed by atoms with Crippen molar-refractivity contribution in [2.45, 2.75) is 76.6 Å². The number of likely N-dealkylation sites (tertiary alicyclic amines) is 1. The summed E-state index contributed by atoms with van der Waals surface area (Å²) >= 11 is 0. The van der Waals surface area contributed by atoms with E-state index in [1.54, 1.807) is 6.07 Å². The Morgan fingerprint density at radius 3 is 2.73 bits per heavy atom. The normalized spacial score (nSPS) is 30.1. The quantitative estimate of drug-likeness (QED) is 0.433. The second-order valence-electron chi connectivity index (χ2n) is 12.6. The van der Waals surface area contributed by atoms with Crippen LogP contribution in [0.5, 0.6) is 0 Å². The summed E-state index contributed by atoms with van der Waals surface area (Å²) in [7, 11) is 1.40. The van der Waals surface area contributed by atoms with E-state index in [2.05, 4.69) is 22.9 Å². The van der Waals surface area contributed by atoms with Gasteiger partial charge in [-0.2, -0.15) is 13.2 Å². The molecule has 3 heterocycles. The monoisotopic (exact) mass is 569 g/mol. The summed E-state index contributed by atoms with van der Waals surface area (Å²) in [5.41, 5.74) is 1.77. The van der Waals surface area contributed by atoms with Gasteiger partial charge >= 0.3 is 12.1 Å². The van der Waals surface area contributed by atoms with E-state index in [0.29, 0.717) is 53.6 Å². The number of fused-ring (bicyclic) bond motifs is 2. The number of pyridine rings is 1. The van der Waals surface area contributed by atoms with Gasteiger partial charge in [-0.05, 0) is 85.7 Å². The van der Waals surface area contributed by atoms with Crippen molar-refractivity contribution in [1.29, 1.82) is 0 Å². The van der Waals surface area contributed by atoms with Crippen LogP contribution in [-0.2, 0) is 28.7 Å². The molecule has 41 heavy (non-hydrogen) atoms. The summed E-state index contributed by atoms with van der Waals surface area (Å²) in [4.78, 5) is 34.7. The maximum atomic E-state index is 14.2. The Labute approximate surface area is 239 Å². The third kappa shape index (κ3) is 5.15. The van der Waals surface area contributed by atoms with Crippen LogP contribution in [0.1, 0.15) is 84.1 Å². The fraction of sp³-hybridized carbons (Fsp3) is 0.594. The van der Waals surface area contributed by atoms with Crippen molar-refractivity contribution in [3.05, 3.63) is 64.5 Å². The number of amides is 1. The molecule has 220 valence electrons. The fourth-order valence-electron chi connectivity index (χ4n) is 8.32. The molecule has 0 bridgehead atoms. The fourth-order valence-corrected chi connectivity index (χ4v) is 8.32. The summed E-state index contributed by atoms with van der Waals surface area (Å²) in [6, 6.07) is 9.28. The number of esters is 1. The zero-order valence-corrected chi connectivity index (χ0v) is 23.8. The molecule has 1 amide bonds. The maximum Gasteiger partial charge on any atom is 0.417 e. The lowest BCUT2D eigenvalue weighted by atomic mass is 9.78. The molecule has 1 aromatic heterocycles. The number of hydrogen-bond acceptors (Lipinski definition) is 5. The van der Waals surface area contributed by atoms with Crippen LogP contribution in [0.4, 0.5) is 13.2 Å². The summed E-state index contributed by atoms with van der Waals surface area (Å²) < 4.78 is 44.9. The van der Waals surface area contributed by atoms with Crippen LogP contribution in [0.25, 0.3) is 0 Å². The summed E-state index contributed by atoms with van der Waals surface area (Å²) in [6.45, 7) is 4.88. The van der Waals surface area contributed by atoms with Crippen LogP contribution >= 0.6 is 0 Å². The number of carbonyl (C=O) groups excluding carboxylic acids is 2. The van der Waals surface area contributed by atoms with Gasteiger partial charge in [0.1, 0.15) is 0 Å². The number of rotatable bonds is 4. The third-order valence-corrected chi connectivity index (χ3v) is 10.4.